The molecule has 1 aliphatic heterocycles. The Balaban J connectivity index is 2.28. The summed E-state index contributed by atoms with van der Waals surface area (Å²) in [6.07, 6.45) is 1.84. The fourth-order valence-corrected chi connectivity index (χ4v) is 2.76. The highest BCUT2D eigenvalue weighted by Crippen LogP contribution is 2.22. The van der Waals surface area contributed by atoms with Crippen LogP contribution in [0.2, 0.25) is 10.3 Å². The second-order valence-corrected chi connectivity index (χ2v) is 5.10. The molecular weight excluding hydrogens is 273 g/mol. The molecule has 2 aromatic rings. The van der Waals surface area contributed by atoms with E-state index in [1.807, 2.05) is 0 Å². The molecule has 0 aliphatic carbocycles. The first-order valence-corrected chi connectivity index (χ1v) is 6.53. The van der Waals surface area contributed by atoms with Gasteiger partial charge in [0, 0.05) is 5.02 Å². The monoisotopic (exact) mass is 283 g/mol. The normalized spacial score (nSPS) is 19.6. The smallest absolute Gasteiger partial charge is 0.263 e. The van der Waals surface area contributed by atoms with Crippen LogP contribution in [0.25, 0.3) is 10.9 Å². The molecular formula is C12H11Cl2N3O. The zero-order valence-electron chi connectivity index (χ0n) is 9.49. The average molecular weight is 284 g/mol. The van der Waals surface area contributed by atoms with Gasteiger partial charge >= 0.3 is 0 Å². The number of benzene rings is 1. The lowest BCUT2D eigenvalue weighted by atomic mass is 10.2. The highest BCUT2D eigenvalue weighted by atomic mass is 35.5. The third-order valence-electron chi connectivity index (χ3n) is 3.17. The summed E-state index contributed by atoms with van der Waals surface area (Å²) in [6, 6.07) is 5.04. The van der Waals surface area contributed by atoms with Crippen LogP contribution in [0.1, 0.15) is 19.0 Å². The van der Waals surface area contributed by atoms with E-state index in [9.17, 15) is 4.79 Å². The van der Waals surface area contributed by atoms with Gasteiger partial charge in [0.1, 0.15) is 0 Å². The first-order chi connectivity index (χ1) is 8.66. The zero-order valence-corrected chi connectivity index (χ0v) is 11.0. The highest BCUT2D eigenvalue weighted by Gasteiger charge is 2.21. The van der Waals surface area contributed by atoms with Crippen molar-refractivity contribution in [1.29, 1.82) is 0 Å². The molecule has 0 bridgehead atoms. The standard InChI is InChI=1S/C12H11Cl2N3O/c13-7-3-4-9-8(6-7)11(18)17(12(14)16-9)10-2-1-5-15-10/h3-4,6,10,15H,1-2,5H2. The molecule has 2 heterocycles. The van der Waals surface area contributed by atoms with Crippen LogP contribution < -0.4 is 10.9 Å². The summed E-state index contributed by atoms with van der Waals surface area (Å²) in [5.41, 5.74) is 0.426. The molecule has 1 N–H and O–H groups in total. The van der Waals surface area contributed by atoms with E-state index < -0.39 is 0 Å². The lowest BCUT2D eigenvalue weighted by molar-refractivity contribution is 0.453. The Bertz CT molecular complexity index is 662. The van der Waals surface area contributed by atoms with Crippen LogP contribution in [0, 0.1) is 0 Å². The fraction of sp³-hybridized carbons (Fsp3) is 0.333. The second-order valence-electron chi connectivity index (χ2n) is 4.33. The lowest BCUT2D eigenvalue weighted by Crippen LogP contribution is -2.31. The Morgan fingerprint density at radius 1 is 1.39 bits per heavy atom. The number of hydrogen-bond acceptors (Lipinski definition) is 3. The van der Waals surface area contributed by atoms with Gasteiger partial charge in [0.05, 0.1) is 17.1 Å². The van der Waals surface area contributed by atoms with Crippen LogP contribution >= 0.6 is 23.2 Å². The molecule has 0 amide bonds. The van der Waals surface area contributed by atoms with E-state index in [1.165, 1.54) is 4.57 Å². The van der Waals surface area contributed by atoms with Crippen molar-refractivity contribution in [2.24, 2.45) is 0 Å². The Labute approximate surface area is 114 Å². The Morgan fingerprint density at radius 3 is 2.94 bits per heavy atom. The van der Waals surface area contributed by atoms with Gasteiger partial charge in [-0.2, -0.15) is 0 Å². The second kappa shape index (κ2) is 4.53. The van der Waals surface area contributed by atoms with E-state index in [4.69, 9.17) is 23.2 Å². The van der Waals surface area contributed by atoms with E-state index in [1.54, 1.807) is 18.2 Å². The molecule has 4 nitrogen and oxygen atoms in total. The van der Waals surface area contributed by atoms with Gasteiger partial charge in [-0.15, -0.1) is 0 Å². The van der Waals surface area contributed by atoms with Crippen LogP contribution in [-0.4, -0.2) is 16.1 Å². The number of rotatable bonds is 1. The SMILES string of the molecule is O=c1c2cc(Cl)ccc2nc(Cl)n1C1CCCN1. The predicted molar refractivity (Wildman–Crippen MR) is 72.3 cm³/mol. The maximum atomic E-state index is 12.4. The number of nitrogens with one attached hydrogen (secondary N) is 1. The van der Waals surface area contributed by atoms with Crippen LogP contribution in [0.4, 0.5) is 0 Å². The minimum Gasteiger partial charge on any atom is -0.297 e. The summed E-state index contributed by atoms with van der Waals surface area (Å²) in [5, 5.41) is 4.48. The molecule has 1 aromatic heterocycles. The molecule has 1 saturated heterocycles. The van der Waals surface area contributed by atoms with Gasteiger partial charge < -0.3 is 0 Å². The maximum absolute atomic E-state index is 12.4. The molecule has 1 aromatic carbocycles. The Morgan fingerprint density at radius 2 is 2.22 bits per heavy atom. The minimum atomic E-state index is -0.146. The van der Waals surface area contributed by atoms with Crippen molar-refractivity contribution in [3.05, 3.63) is 38.9 Å². The minimum absolute atomic E-state index is 0.0686. The third kappa shape index (κ3) is 1.90. The van der Waals surface area contributed by atoms with Crippen LogP contribution in [0.3, 0.4) is 0 Å². The first kappa shape index (κ1) is 12.0. The largest absolute Gasteiger partial charge is 0.297 e. The van der Waals surface area contributed by atoms with E-state index in [0.717, 1.165) is 19.4 Å². The van der Waals surface area contributed by atoms with E-state index in [-0.39, 0.29) is 17.0 Å². The van der Waals surface area contributed by atoms with Crippen molar-refractivity contribution >= 4 is 34.1 Å². The fourth-order valence-electron chi connectivity index (χ4n) is 2.30. The molecule has 1 fully saturated rings. The summed E-state index contributed by atoms with van der Waals surface area (Å²) >= 11 is 12.0. The van der Waals surface area contributed by atoms with Crippen molar-refractivity contribution < 1.29 is 0 Å². The van der Waals surface area contributed by atoms with Crippen molar-refractivity contribution in [1.82, 2.24) is 14.9 Å². The number of hydrogen-bond donors (Lipinski definition) is 1. The molecule has 1 aliphatic rings. The summed E-state index contributed by atoms with van der Waals surface area (Å²) in [4.78, 5) is 16.7. The molecule has 0 radical (unpaired) electrons. The Kier molecular flexibility index (Phi) is 3.01. The van der Waals surface area contributed by atoms with Crippen molar-refractivity contribution in [2.45, 2.75) is 19.0 Å². The molecule has 1 atom stereocenters. The van der Waals surface area contributed by atoms with Crippen molar-refractivity contribution in [3.8, 4) is 0 Å². The molecule has 0 spiro atoms. The molecule has 1 unspecified atom stereocenters. The molecule has 3 rings (SSSR count). The van der Waals surface area contributed by atoms with Gasteiger partial charge in [-0.05, 0) is 49.2 Å². The van der Waals surface area contributed by atoms with Gasteiger partial charge in [-0.1, -0.05) is 11.6 Å². The molecule has 0 saturated carbocycles. The van der Waals surface area contributed by atoms with E-state index >= 15 is 0 Å². The quantitative estimate of drug-likeness (QED) is 0.819. The lowest BCUT2D eigenvalue weighted by Gasteiger charge is -2.16. The third-order valence-corrected chi connectivity index (χ3v) is 3.67. The zero-order chi connectivity index (χ0) is 12.7. The van der Waals surface area contributed by atoms with Gasteiger partial charge in [-0.3, -0.25) is 14.7 Å². The number of aromatic nitrogens is 2. The van der Waals surface area contributed by atoms with Crippen molar-refractivity contribution in [2.75, 3.05) is 6.54 Å². The van der Waals surface area contributed by atoms with E-state index in [0.29, 0.717) is 15.9 Å². The van der Waals surface area contributed by atoms with E-state index in [2.05, 4.69) is 10.3 Å². The Hall–Kier alpha value is -1.10. The maximum Gasteiger partial charge on any atom is 0.263 e. The van der Waals surface area contributed by atoms with Gasteiger partial charge in [0.15, 0.2) is 0 Å². The van der Waals surface area contributed by atoms with Gasteiger partial charge in [-0.25, -0.2) is 4.98 Å². The summed E-state index contributed by atoms with van der Waals surface area (Å²) in [6.45, 7) is 0.890. The van der Waals surface area contributed by atoms with Crippen LogP contribution in [-0.2, 0) is 0 Å². The topological polar surface area (TPSA) is 46.9 Å². The number of fused-ring (bicyclic) bond motifs is 1. The van der Waals surface area contributed by atoms with Crippen molar-refractivity contribution in [3.63, 3.8) is 0 Å². The first-order valence-electron chi connectivity index (χ1n) is 5.77. The summed E-state index contributed by atoms with van der Waals surface area (Å²) < 4.78 is 1.51. The molecule has 94 valence electrons. The summed E-state index contributed by atoms with van der Waals surface area (Å²) in [5.74, 6) is 0. The molecule has 6 heteroatoms. The number of nitrogens with zero attached hydrogens (tertiary/aromatic N) is 2. The molecule has 18 heavy (non-hydrogen) atoms. The highest BCUT2D eigenvalue weighted by molar-refractivity contribution is 6.31. The summed E-state index contributed by atoms with van der Waals surface area (Å²) in [7, 11) is 0. The van der Waals surface area contributed by atoms with Gasteiger partial charge in [0.25, 0.3) is 5.56 Å². The van der Waals surface area contributed by atoms with Gasteiger partial charge in [0.2, 0.25) is 5.28 Å². The average Bonchev–Trinajstić information content (AvgIpc) is 2.84. The predicted octanol–water partition coefficient (Wildman–Crippen LogP) is 2.59. The van der Waals surface area contributed by atoms with Crippen LogP contribution in [0.15, 0.2) is 23.0 Å². The number of halogens is 2. The van der Waals surface area contributed by atoms with Crippen LogP contribution in [0.5, 0.6) is 0 Å².